The molecule has 32 heavy (non-hydrogen) atoms. The number of ether oxygens (including phenoxy) is 2. The second-order valence-corrected chi connectivity index (χ2v) is 8.58. The predicted octanol–water partition coefficient (Wildman–Crippen LogP) is 2.63. The Bertz CT molecular complexity index is 1150. The first kappa shape index (κ1) is 22.2. The van der Waals surface area contributed by atoms with Crippen LogP contribution in [0.5, 0.6) is 5.88 Å². The molecule has 9 nitrogen and oxygen atoms in total. The molecule has 0 bridgehead atoms. The summed E-state index contributed by atoms with van der Waals surface area (Å²) < 4.78 is 12.7. The Morgan fingerprint density at radius 2 is 2.03 bits per heavy atom. The second kappa shape index (κ2) is 9.25. The maximum Gasteiger partial charge on any atom is 0.277 e. The number of anilines is 2. The predicted molar refractivity (Wildman–Crippen MR) is 126 cm³/mol. The Kier molecular flexibility index (Phi) is 6.43. The zero-order valence-electron chi connectivity index (χ0n) is 19.0. The van der Waals surface area contributed by atoms with Crippen molar-refractivity contribution in [2.75, 3.05) is 37.0 Å². The van der Waals surface area contributed by atoms with E-state index in [1.165, 1.54) is 0 Å². The van der Waals surface area contributed by atoms with Crippen LogP contribution in [0.15, 0.2) is 28.5 Å². The molecule has 1 aliphatic heterocycles. The molecule has 4 heterocycles. The summed E-state index contributed by atoms with van der Waals surface area (Å²) in [5.41, 5.74) is 2.54. The SMILES string of the molecule is CCO[C@H]1CN(c2nccs2)C[C@H]1Nc1c(C)nc(-c2ccc(OC)nc2C)n(C)c1=O. The molecule has 3 aromatic rings. The van der Waals surface area contributed by atoms with Gasteiger partial charge < -0.3 is 19.7 Å². The summed E-state index contributed by atoms with van der Waals surface area (Å²) in [7, 11) is 3.31. The van der Waals surface area contributed by atoms with E-state index >= 15 is 0 Å². The van der Waals surface area contributed by atoms with Crippen LogP contribution < -0.4 is 20.5 Å². The average molecular weight is 457 g/mol. The molecule has 0 aliphatic carbocycles. The number of thiazole rings is 1. The number of hydrogen-bond donors (Lipinski definition) is 1. The lowest BCUT2D eigenvalue weighted by molar-refractivity contribution is 0.0720. The first-order valence-corrected chi connectivity index (χ1v) is 11.4. The Hall–Kier alpha value is -2.98. The van der Waals surface area contributed by atoms with Crippen LogP contribution in [0.2, 0.25) is 0 Å². The van der Waals surface area contributed by atoms with E-state index in [1.54, 1.807) is 42.3 Å². The van der Waals surface area contributed by atoms with E-state index in [1.807, 2.05) is 32.2 Å². The summed E-state index contributed by atoms with van der Waals surface area (Å²) in [6.07, 6.45) is 1.75. The highest BCUT2D eigenvalue weighted by Crippen LogP contribution is 2.27. The smallest absolute Gasteiger partial charge is 0.277 e. The number of rotatable bonds is 7. The average Bonchev–Trinajstić information content (AvgIpc) is 3.44. The van der Waals surface area contributed by atoms with Crippen molar-refractivity contribution in [1.82, 2.24) is 19.5 Å². The summed E-state index contributed by atoms with van der Waals surface area (Å²) in [5.74, 6) is 1.10. The Labute approximate surface area is 191 Å². The molecule has 0 radical (unpaired) electrons. The van der Waals surface area contributed by atoms with Crippen molar-refractivity contribution in [2.24, 2.45) is 7.05 Å². The van der Waals surface area contributed by atoms with Gasteiger partial charge in [0.05, 0.1) is 30.6 Å². The van der Waals surface area contributed by atoms with Gasteiger partial charge in [-0.15, -0.1) is 11.3 Å². The van der Waals surface area contributed by atoms with Gasteiger partial charge in [-0.3, -0.25) is 9.36 Å². The molecule has 4 rings (SSSR count). The zero-order chi connectivity index (χ0) is 22.8. The zero-order valence-corrected chi connectivity index (χ0v) is 19.8. The van der Waals surface area contributed by atoms with Crippen LogP contribution in [-0.4, -0.2) is 58.5 Å². The van der Waals surface area contributed by atoms with Gasteiger partial charge in [0.15, 0.2) is 5.13 Å². The van der Waals surface area contributed by atoms with Crippen molar-refractivity contribution in [2.45, 2.75) is 32.9 Å². The van der Waals surface area contributed by atoms with Gasteiger partial charge in [0.1, 0.15) is 11.5 Å². The molecule has 0 aromatic carbocycles. The third-order valence-corrected chi connectivity index (χ3v) is 6.48. The van der Waals surface area contributed by atoms with Gasteiger partial charge in [-0.1, -0.05) is 0 Å². The maximum atomic E-state index is 13.3. The molecule has 1 aliphatic rings. The van der Waals surface area contributed by atoms with Gasteiger partial charge in [-0.05, 0) is 26.8 Å². The first-order valence-electron chi connectivity index (χ1n) is 10.5. The van der Waals surface area contributed by atoms with Crippen molar-refractivity contribution < 1.29 is 9.47 Å². The van der Waals surface area contributed by atoms with Crippen molar-refractivity contribution >= 4 is 22.2 Å². The van der Waals surface area contributed by atoms with Gasteiger partial charge in [-0.25, -0.2) is 15.0 Å². The highest BCUT2D eigenvalue weighted by atomic mass is 32.1. The van der Waals surface area contributed by atoms with Crippen LogP contribution in [0.3, 0.4) is 0 Å². The van der Waals surface area contributed by atoms with Crippen LogP contribution >= 0.6 is 11.3 Å². The number of methoxy groups -OCH3 is 1. The van der Waals surface area contributed by atoms with E-state index in [2.05, 4.69) is 20.2 Å². The first-order chi connectivity index (χ1) is 15.4. The number of nitrogens with zero attached hydrogens (tertiary/aromatic N) is 5. The van der Waals surface area contributed by atoms with Gasteiger partial charge in [0, 0.05) is 50.0 Å². The highest BCUT2D eigenvalue weighted by molar-refractivity contribution is 7.13. The lowest BCUT2D eigenvalue weighted by Gasteiger charge is -2.22. The van der Waals surface area contributed by atoms with Crippen LogP contribution in [0.1, 0.15) is 18.3 Å². The minimum absolute atomic E-state index is 0.0534. The fourth-order valence-corrected chi connectivity index (χ4v) is 4.68. The van der Waals surface area contributed by atoms with Gasteiger partial charge in [0.2, 0.25) is 5.88 Å². The molecule has 3 aromatic heterocycles. The normalized spacial score (nSPS) is 18.2. The molecule has 10 heteroatoms. The molecule has 0 saturated carbocycles. The third-order valence-electron chi connectivity index (χ3n) is 5.65. The number of pyridine rings is 1. The summed E-state index contributed by atoms with van der Waals surface area (Å²) in [5, 5.41) is 6.36. The molecule has 0 amide bonds. The van der Waals surface area contributed by atoms with Crippen LogP contribution in [0.4, 0.5) is 10.8 Å². The Balaban J connectivity index is 1.64. The van der Waals surface area contributed by atoms with Gasteiger partial charge >= 0.3 is 0 Å². The number of aryl methyl sites for hydroxylation is 2. The monoisotopic (exact) mass is 456 g/mol. The minimum Gasteiger partial charge on any atom is -0.481 e. The summed E-state index contributed by atoms with van der Waals surface area (Å²) in [4.78, 5) is 29.1. The number of aromatic nitrogens is 4. The van der Waals surface area contributed by atoms with Gasteiger partial charge in [0.25, 0.3) is 5.56 Å². The van der Waals surface area contributed by atoms with Crippen molar-refractivity contribution in [3.8, 4) is 17.3 Å². The standard InChI is InChI=1S/C22H28N6O3S/c1-6-31-17-12-28(22-23-9-10-32-22)11-16(17)26-19-14(3)25-20(27(4)21(19)29)15-7-8-18(30-5)24-13(15)2/h7-10,16-17,26H,6,11-12H2,1-5H3/t16-,17+/m1/s1. The highest BCUT2D eigenvalue weighted by Gasteiger charge is 2.35. The largest absolute Gasteiger partial charge is 0.481 e. The Morgan fingerprint density at radius 1 is 1.22 bits per heavy atom. The summed E-state index contributed by atoms with van der Waals surface area (Å²) >= 11 is 1.60. The fraction of sp³-hybridized carbons (Fsp3) is 0.455. The molecule has 2 atom stereocenters. The van der Waals surface area contributed by atoms with Crippen LogP contribution in [0.25, 0.3) is 11.4 Å². The topological polar surface area (TPSA) is 94.4 Å². The third kappa shape index (κ3) is 4.20. The molecule has 1 saturated heterocycles. The van der Waals surface area contributed by atoms with Crippen molar-refractivity contribution in [1.29, 1.82) is 0 Å². The van der Waals surface area contributed by atoms with E-state index < -0.39 is 0 Å². The lowest BCUT2D eigenvalue weighted by atomic mass is 10.1. The van der Waals surface area contributed by atoms with E-state index in [-0.39, 0.29) is 17.7 Å². The molecule has 1 N–H and O–H groups in total. The fourth-order valence-electron chi connectivity index (χ4n) is 4.01. The maximum absolute atomic E-state index is 13.3. The van der Waals surface area contributed by atoms with E-state index in [0.717, 1.165) is 22.9 Å². The van der Waals surface area contributed by atoms with E-state index in [9.17, 15) is 4.79 Å². The molecule has 170 valence electrons. The Morgan fingerprint density at radius 3 is 2.69 bits per heavy atom. The molecular weight excluding hydrogens is 428 g/mol. The quantitative estimate of drug-likeness (QED) is 0.580. The van der Waals surface area contributed by atoms with Crippen molar-refractivity contribution in [3.63, 3.8) is 0 Å². The molecule has 0 unspecified atom stereocenters. The number of nitrogens with one attached hydrogen (secondary N) is 1. The number of hydrogen-bond acceptors (Lipinski definition) is 9. The minimum atomic E-state index is -0.134. The van der Waals surface area contributed by atoms with Crippen LogP contribution in [0, 0.1) is 13.8 Å². The van der Waals surface area contributed by atoms with E-state index in [0.29, 0.717) is 36.2 Å². The van der Waals surface area contributed by atoms with Crippen LogP contribution in [-0.2, 0) is 11.8 Å². The van der Waals surface area contributed by atoms with Crippen molar-refractivity contribution in [3.05, 3.63) is 45.5 Å². The second-order valence-electron chi connectivity index (χ2n) is 7.71. The van der Waals surface area contributed by atoms with Gasteiger partial charge in [-0.2, -0.15) is 0 Å². The summed E-state index contributed by atoms with van der Waals surface area (Å²) in [6, 6.07) is 3.60. The molecule has 1 fully saturated rings. The molecular formula is C22H28N6O3S. The molecule has 0 spiro atoms. The lowest BCUT2D eigenvalue weighted by Crippen LogP contribution is -2.38. The van der Waals surface area contributed by atoms with E-state index in [4.69, 9.17) is 14.5 Å². The summed E-state index contributed by atoms with van der Waals surface area (Å²) in [6.45, 7) is 7.73.